The Labute approximate surface area is 202 Å². The molecule has 4 rings (SSSR count). The molecule has 0 aliphatic carbocycles. The SMILES string of the molecule is COC(=O)NC(CCN1CCC2(CC1)CC(=O)N(Cc1ccc(OC)cc1)C2)c1ccccc1. The third kappa shape index (κ3) is 5.89. The Kier molecular flexibility index (Phi) is 7.73. The van der Waals surface area contributed by atoms with Gasteiger partial charge in [-0.1, -0.05) is 42.5 Å². The molecule has 0 radical (unpaired) electrons. The minimum atomic E-state index is -0.409. The van der Waals surface area contributed by atoms with E-state index in [0.29, 0.717) is 13.0 Å². The highest BCUT2D eigenvalue weighted by Gasteiger charge is 2.44. The van der Waals surface area contributed by atoms with Crippen molar-refractivity contribution in [1.29, 1.82) is 0 Å². The molecule has 7 nitrogen and oxygen atoms in total. The number of likely N-dealkylation sites (tertiary alicyclic amines) is 2. The van der Waals surface area contributed by atoms with Crippen molar-refractivity contribution in [3.63, 3.8) is 0 Å². The van der Waals surface area contributed by atoms with E-state index in [1.807, 2.05) is 59.5 Å². The first-order valence-corrected chi connectivity index (χ1v) is 12.0. The first-order chi connectivity index (χ1) is 16.5. The fourth-order valence-electron chi connectivity index (χ4n) is 5.18. The Morgan fingerprint density at radius 3 is 2.41 bits per heavy atom. The summed E-state index contributed by atoms with van der Waals surface area (Å²) < 4.78 is 10.1. The second-order valence-electron chi connectivity index (χ2n) is 9.50. The quantitative estimate of drug-likeness (QED) is 0.638. The molecule has 0 bridgehead atoms. The first-order valence-electron chi connectivity index (χ1n) is 12.0. The molecule has 1 unspecified atom stereocenters. The normalized spacial score (nSPS) is 18.6. The van der Waals surface area contributed by atoms with Crippen LogP contribution in [0.4, 0.5) is 4.79 Å². The van der Waals surface area contributed by atoms with Crippen molar-refractivity contribution in [2.75, 3.05) is 40.4 Å². The Morgan fingerprint density at radius 2 is 1.76 bits per heavy atom. The zero-order chi connectivity index (χ0) is 24.0. The lowest BCUT2D eigenvalue weighted by molar-refractivity contribution is -0.128. The molecule has 2 aliphatic rings. The molecule has 2 aliphatic heterocycles. The van der Waals surface area contributed by atoms with E-state index in [-0.39, 0.29) is 17.4 Å². The maximum Gasteiger partial charge on any atom is 0.407 e. The molecule has 2 fully saturated rings. The molecular formula is C27H35N3O4. The molecule has 2 heterocycles. The maximum atomic E-state index is 12.8. The standard InChI is InChI=1S/C27H35N3O4/c1-33-23-10-8-21(9-11-23)19-30-20-27(18-25(30)31)13-16-29(17-14-27)15-12-24(28-26(32)34-2)22-6-4-3-5-7-22/h3-11,24H,12-20H2,1-2H3,(H,28,32). The van der Waals surface area contributed by atoms with E-state index in [9.17, 15) is 9.59 Å². The number of carbonyl (C=O) groups is 2. The topological polar surface area (TPSA) is 71.1 Å². The van der Waals surface area contributed by atoms with Gasteiger partial charge >= 0.3 is 6.09 Å². The number of methoxy groups -OCH3 is 2. The molecule has 34 heavy (non-hydrogen) atoms. The van der Waals surface area contributed by atoms with Gasteiger partial charge in [0.05, 0.1) is 20.3 Å². The molecule has 2 amide bonds. The van der Waals surface area contributed by atoms with Crippen molar-refractivity contribution in [3.8, 4) is 5.75 Å². The zero-order valence-electron chi connectivity index (χ0n) is 20.2. The van der Waals surface area contributed by atoms with Crippen molar-refractivity contribution >= 4 is 12.0 Å². The third-order valence-electron chi connectivity index (χ3n) is 7.27. The van der Waals surface area contributed by atoms with Gasteiger partial charge in [0.1, 0.15) is 5.75 Å². The van der Waals surface area contributed by atoms with Crippen molar-refractivity contribution < 1.29 is 19.1 Å². The summed E-state index contributed by atoms with van der Waals surface area (Å²) in [6.45, 7) is 4.34. The third-order valence-corrected chi connectivity index (χ3v) is 7.27. The molecule has 0 aromatic heterocycles. The summed E-state index contributed by atoms with van der Waals surface area (Å²) >= 11 is 0. The van der Waals surface area contributed by atoms with Gasteiger partial charge in [0.25, 0.3) is 0 Å². The van der Waals surface area contributed by atoms with Gasteiger partial charge in [-0.25, -0.2) is 4.79 Å². The lowest BCUT2D eigenvalue weighted by atomic mass is 9.77. The van der Waals surface area contributed by atoms with E-state index in [1.54, 1.807) is 7.11 Å². The van der Waals surface area contributed by atoms with Crippen LogP contribution in [-0.2, 0) is 16.1 Å². The van der Waals surface area contributed by atoms with Gasteiger partial charge in [-0.15, -0.1) is 0 Å². The van der Waals surface area contributed by atoms with Crippen LogP contribution in [0.25, 0.3) is 0 Å². The number of carbonyl (C=O) groups excluding carboxylic acids is 2. The van der Waals surface area contributed by atoms with Crippen LogP contribution in [0.1, 0.15) is 42.9 Å². The largest absolute Gasteiger partial charge is 0.497 e. The molecule has 1 N–H and O–H groups in total. The average molecular weight is 466 g/mol. The molecule has 2 aromatic rings. The Hall–Kier alpha value is -3.06. The fraction of sp³-hybridized carbons (Fsp3) is 0.481. The van der Waals surface area contributed by atoms with Gasteiger partial charge < -0.3 is 24.6 Å². The minimum absolute atomic E-state index is 0.0856. The zero-order valence-corrected chi connectivity index (χ0v) is 20.2. The monoisotopic (exact) mass is 465 g/mol. The smallest absolute Gasteiger partial charge is 0.407 e. The van der Waals surface area contributed by atoms with Gasteiger partial charge in [0, 0.05) is 26.1 Å². The Balaban J connectivity index is 1.29. The van der Waals surface area contributed by atoms with Crippen LogP contribution in [0.2, 0.25) is 0 Å². The number of benzene rings is 2. The second-order valence-corrected chi connectivity index (χ2v) is 9.50. The number of piperidine rings is 1. The molecule has 182 valence electrons. The van der Waals surface area contributed by atoms with Crippen LogP contribution >= 0.6 is 0 Å². The van der Waals surface area contributed by atoms with E-state index in [1.165, 1.54) is 7.11 Å². The highest BCUT2D eigenvalue weighted by molar-refractivity contribution is 5.79. The van der Waals surface area contributed by atoms with E-state index in [4.69, 9.17) is 9.47 Å². The lowest BCUT2D eigenvalue weighted by Crippen LogP contribution is -2.42. The van der Waals surface area contributed by atoms with Crippen LogP contribution in [0.3, 0.4) is 0 Å². The highest BCUT2D eigenvalue weighted by Crippen LogP contribution is 2.41. The Bertz CT molecular complexity index is 956. The Morgan fingerprint density at radius 1 is 1.06 bits per heavy atom. The van der Waals surface area contributed by atoms with Crippen LogP contribution in [0, 0.1) is 5.41 Å². The van der Waals surface area contributed by atoms with Crippen LogP contribution in [0.15, 0.2) is 54.6 Å². The van der Waals surface area contributed by atoms with Crippen molar-refractivity contribution in [2.45, 2.75) is 38.3 Å². The summed E-state index contributed by atoms with van der Waals surface area (Å²) in [6, 6.07) is 17.9. The summed E-state index contributed by atoms with van der Waals surface area (Å²) in [5, 5.41) is 2.97. The number of nitrogens with one attached hydrogen (secondary N) is 1. The molecule has 1 spiro atoms. The maximum absolute atomic E-state index is 12.8. The van der Waals surface area contributed by atoms with E-state index >= 15 is 0 Å². The predicted molar refractivity (Wildman–Crippen MR) is 130 cm³/mol. The highest BCUT2D eigenvalue weighted by atomic mass is 16.5. The second kappa shape index (κ2) is 10.9. The van der Waals surface area contributed by atoms with Gasteiger partial charge in [0.2, 0.25) is 5.91 Å². The number of hydrogen-bond donors (Lipinski definition) is 1. The summed E-state index contributed by atoms with van der Waals surface area (Å²) in [4.78, 5) is 29.1. The molecular weight excluding hydrogens is 430 g/mol. The molecule has 0 saturated carbocycles. The molecule has 2 saturated heterocycles. The average Bonchev–Trinajstić information content (AvgIpc) is 3.17. The van der Waals surface area contributed by atoms with Gasteiger partial charge in [-0.2, -0.15) is 0 Å². The van der Waals surface area contributed by atoms with Crippen molar-refractivity contribution in [1.82, 2.24) is 15.1 Å². The van der Waals surface area contributed by atoms with Gasteiger partial charge in [-0.3, -0.25) is 4.79 Å². The van der Waals surface area contributed by atoms with Crippen molar-refractivity contribution in [2.24, 2.45) is 5.41 Å². The fourth-order valence-corrected chi connectivity index (χ4v) is 5.18. The molecule has 1 atom stereocenters. The molecule has 2 aromatic carbocycles. The van der Waals surface area contributed by atoms with Gasteiger partial charge in [0.15, 0.2) is 0 Å². The van der Waals surface area contributed by atoms with Gasteiger partial charge in [-0.05, 0) is 61.0 Å². The molecule has 7 heteroatoms. The predicted octanol–water partition coefficient (Wildman–Crippen LogP) is 4.00. The first kappa shape index (κ1) is 24.1. The van der Waals surface area contributed by atoms with Crippen LogP contribution < -0.4 is 10.1 Å². The number of amides is 2. The van der Waals surface area contributed by atoms with E-state index in [0.717, 1.165) is 62.3 Å². The van der Waals surface area contributed by atoms with Crippen molar-refractivity contribution in [3.05, 3.63) is 65.7 Å². The van der Waals surface area contributed by atoms with Crippen LogP contribution in [0.5, 0.6) is 5.75 Å². The van der Waals surface area contributed by atoms with E-state index in [2.05, 4.69) is 10.2 Å². The number of nitrogens with zero attached hydrogens (tertiary/aromatic N) is 2. The summed E-state index contributed by atoms with van der Waals surface area (Å²) in [5.41, 5.74) is 2.30. The number of rotatable bonds is 8. The summed E-state index contributed by atoms with van der Waals surface area (Å²) in [7, 11) is 3.05. The minimum Gasteiger partial charge on any atom is -0.497 e. The number of ether oxygens (including phenoxy) is 2. The number of alkyl carbamates (subject to hydrolysis) is 1. The summed E-state index contributed by atoms with van der Waals surface area (Å²) in [5.74, 6) is 1.09. The number of hydrogen-bond acceptors (Lipinski definition) is 5. The lowest BCUT2D eigenvalue weighted by Gasteiger charge is -2.39. The van der Waals surface area contributed by atoms with Crippen LogP contribution in [-0.4, -0.2) is 62.2 Å². The summed E-state index contributed by atoms with van der Waals surface area (Å²) in [6.07, 6.45) is 3.10. The van der Waals surface area contributed by atoms with E-state index < -0.39 is 6.09 Å².